The zero-order valence-electron chi connectivity index (χ0n) is 15.8. The first kappa shape index (κ1) is 21.2. The standard InChI is InChI=1S/C18H16N4O6S2/c1-11(23)19-13-5-3-12(4-6-13)15-10-29-18(20-15)21-30(26,27)14-7-8-17(28-2)16(9-14)22(24)25/h3-10H,1-2H3,(H,19,23)(H,20,21). The number of nitrogens with zero attached hydrogens (tertiary/aromatic N) is 2. The van der Waals surface area contributed by atoms with Crippen LogP contribution in [0.1, 0.15) is 6.92 Å². The number of amides is 1. The molecular formula is C18H16N4O6S2. The van der Waals surface area contributed by atoms with E-state index in [-0.39, 0.29) is 21.7 Å². The van der Waals surface area contributed by atoms with Crippen LogP contribution >= 0.6 is 11.3 Å². The number of carbonyl (C=O) groups excluding carboxylic acids is 1. The van der Waals surface area contributed by atoms with Crippen LogP contribution in [-0.4, -0.2) is 31.3 Å². The Bertz CT molecular complexity index is 1210. The van der Waals surface area contributed by atoms with Gasteiger partial charge in [0.25, 0.3) is 10.0 Å². The Morgan fingerprint density at radius 2 is 1.90 bits per heavy atom. The Morgan fingerprint density at radius 3 is 2.50 bits per heavy atom. The summed E-state index contributed by atoms with van der Waals surface area (Å²) in [5.41, 5.74) is 1.43. The SMILES string of the molecule is COc1ccc(S(=O)(=O)Nc2nc(-c3ccc(NC(C)=O)cc3)cs2)cc1[N+](=O)[O-]. The highest BCUT2D eigenvalue weighted by Crippen LogP contribution is 2.31. The Balaban J connectivity index is 1.82. The van der Waals surface area contributed by atoms with Crippen molar-refractivity contribution in [2.24, 2.45) is 0 Å². The molecule has 1 aromatic heterocycles. The molecule has 0 aliphatic heterocycles. The fourth-order valence-corrected chi connectivity index (χ4v) is 4.53. The van der Waals surface area contributed by atoms with Crippen molar-refractivity contribution >= 4 is 43.8 Å². The predicted octanol–water partition coefficient (Wildman–Crippen LogP) is 3.49. The van der Waals surface area contributed by atoms with E-state index in [0.29, 0.717) is 11.4 Å². The van der Waals surface area contributed by atoms with Gasteiger partial charge in [0, 0.05) is 29.6 Å². The number of nitro groups is 1. The number of aromatic nitrogens is 1. The maximum atomic E-state index is 12.6. The molecule has 156 valence electrons. The number of rotatable bonds is 7. The van der Waals surface area contributed by atoms with Gasteiger partial charge in [0.2, 0.25) is 5.91 Å². The summed E-state index contributed by atoms with van der Waals surface area (Å²) in [6, 6.07) is 10.3. The zero-order chi connectivity index (χ0) is 21.9. The van der Waals surface area contributed by atoms with Gasteiger partial charge in [0.1, 0.15) is 0 Å². The molecule has 2 aromatic carbocycles. The lowest BCUT2D eigenvalue weighted by molar-refractivity contribution is -0.386. The van der Waals surface area contributed by atoms with Gasteiger partial charge in [-0.1, -0.05) is 12.1 Å². The number of hydrogen-bond acceptors (Lipinski definition) is 8. The van der Waals surface area contributed by atoms with Gasteiger partial charge >= 0.3 is 5.69 Å². The van der Waals surface area contributed by atoms with Crippen LogP contribution in [0.5, 0.6) is 5.75 Å². The smallest absolute Gasteiger partial charge is 0.312 e. The van der Waals surface area contributed by atoms with Gasteiger partial charge in [0.15, 0.2) is 10.9 Å². The number of benzene rings is 2. The van der Waals surface area contributed by atoms with Crippen LogP contribution in [0.3, 0.4) is 0 Å². The van der Waals surface area contributed by atoms with Crippen molar-refractivity contribution < 1.29 is 22.9 Å². The second kappa shape index (κ2) is 8.47. The molecule has 1 heterocycles. The van der Waals surface area contributed by atoms with Crippen molar-refractivity contribution in [2.75, 3.05) is 17.1 Å². The van der Waals surface area contributed by atoms with Crippen LogP contribution in [0.25, 0.3) is 11.3 Å². The third-order valence-electron chi connectivity index (χ3n) is 3.88. The molecule has 2 N–H and O–H groups in total. The number of thiazole rings is 1. The molecule has 0 atom stereocenters. The van der Waals surface area contributed by atoms with E-state index in [1.807, 2.05) is 0 Å². The Hall–Kier alpha value is -3.51. The molecule has 0 bridgehead atoms. The molecule has 0 saturated carbocycles. The third kappa shape index (κ3) is 4.72. The average Bonchev–Trinajstić information content (AvgIpc) is 3.15. The third-order valence-corrected chi connectivity index (χ3v) is 6.11. The molecule has 10 nitrogen and oxygen atoms in total. The molecule has 0 aliphatic rings. The first-order chi connectivity index (χ1) is 14.2. The van der Waals surface area contributed by atoms with Crippen LogP contribution in [0.2, 0.25) is 0 Å². The fourth-order valence-electron chi connectivity index (χ4n) is 2.53. The lowest BCUT2D eigenvalue weighted by Gasteiger charge is -2.07. The molecule has 0 fully saturated rings. The van der Waals surface area contributed by atoms with Crippen LogP contribution < -0.4 is 14.8 Å². The van der Waals surface area contributed by atoms with Gasteiger partial charge in [0.05, 0.1) is 22.6 Å². The van der Waals surface area contributed by atoms with Gasteiger partial charge in [-0.05, 0) is 24.3 Å². The maximum Gasteiger partial charge on any atom is 0.312 e. The number of carbonyl (C=O) groups is 1. The number of sulfonamides is 1. The number of hydrogen-bond donors (Lipinski definition) is 2. The summed E-state index contributed by atoms with van der Waals surface area (Å²) in [4.78, 5) is 25.5. The molecule has 0 saturated heterocycles. The quantitative estimate of drug-likeness (QED) is 0.416. The molecule has 0 aliphatic carbocycles. The van der Waals surface area contributed by atoms with Crippen molar-refractivity contribution in [2.45, 2.75) is 11.8 Å². The minimum atomic E-state index is -4.09. The first-order valence-electron chi connectivity index (χ1n) is 8.38. The second-order valence-corrected chi connectivity index (χ2v) is 8.53. The molecule has 3 aromatic rings. The van der Waals surface area contributed by atoms with Crippen molar-refractivity contribution in [3.8, 4) is 17.0 Å². The number of methoxy groups -OCH3 is 1. The molecular weight excluding hydrogens is 432 g/mol. The second-order valence-electron chi connectivity index (χ2n) is 5.99. The van der Waals surface area contributed by atoms with Crippen molar-refractivity contribution in [3.05, 3.63) is 58.0 Å². The molecule has 1 amide bonds. The van der Waals surface area contributed by atoms with Gasteiger partial charge in [-0.15, -0.1) is 11.3 Å². The van der Waals surface area contributed by atoms with E-state index < -0.39 is 20.6 Å². The highest BCUT2D eigenvalue weighted by atomic mass is 32.2. The number of anilines is 2. The minimum Gasteiger partial charge on any atom is -0.490 e. The topological polar surface area (TPSA) is 141 Å². The predicted molar refractivity (Wildman–Crippen MR) is 112 cm³/mol. The average molecular weight is 448 g/mol. The van der Waals surface area contributed by atoms with Gasteiger partial charge in [-0.2, -0.15) is 0 Å². The zero-order valence-corrected chi connectivity index (χ0v) is 17.4. The number of nitrogens with one attached hydrogen (secondary N) is 2. The van der Waals surface area contributed by atoms with E-state index in [1.165, 1.54) is 26.2 Å². The monoisotopic (exact) mass is 448 g/mol. The van der Waals surface area contributed by atoms with E-state index >= 15 is 0 Å². The van der Waals surface area contributed by atoms with Crippen LogP contribution in [-0.2, 0) is 14.8 Å². The van der Waals surface area contributed by atoms with Crippen molar-refractivity contribution in [1.29, 1.82) is 0 Å². The minimum absolute atomic E-state index is 0.0433. The summed E-state index contributed by atoms with van der Waals surface area (Å²) >= 11 is 1.07. The van der Waals surface area contributed by atoms with Crippen LogP contribution in [0.4, 0.5) is 16.5 Å². The fraction of sp³-hybridized carbons (Fsp3) is 0.111. The maximum absolute atomic E-state index is 12.6. The van der Waals surface area contributed by atoms with E-state index in [2.05, 4.69) is 15.0 Å². The summed E-state index contributed by atoms with van der Waals surface area (Å²) in [5, 5.41) is 15.6. The summed E-state index contributed by atoms with van der Waals surface area (Å²) < 4.78 is 32.5. The molecule has 3 rings (SSSR count). The van der Waals surface area contributed by atoms with Crippen molar-refractivity contribution in [3.63, 3.8) is 0 Å². The summed E-state index contributed by atoms with van der Waals surface area (Å²) in [5.74, 6) is -0.231. The molecule has 0 radical (unpaired) electrons. The molecule has 30 heavy (non-hydrogen) atoms. The van der Waals surface area contributed by atoms with Gasteiger partial charge in [-0.3, -0.25) is 19.6 Å². The Kier molecular flexibility index (Phi) is 5.99. The van der Waals surface area contributed by atoms with Crippen molar-refractivity contribution in [1.82, 2.24) is 4.98 Å². The van der Waals surface area contributed by atoms with Crippen LogP contribution in [0, 0.1) is 10.1 Å². The normalized spacial score (nSPS) is 11.0. The van der Waals surface area contributed by atoms with E-state index in [1.54, 1.807) is 29.6 Å². The number of ether oxygens (including phenoxy) is 1. The number of nitro benzene ring substituents is 1. The Labute approximate surface area is 175 Å². The van der Waals surface area contributed by atoms with E-state index in [4.69, 9.17) is 4.74 Å². The first-order valence-corrected chi connectivity index (χ1v) is 10.7. The van der Waals surface area contributed by atoms with Gasteiger partial charge in [-0.25, -0.2) is 13.4 Å². The molecule has 0 spiro atoms. The molecule has 12 heteroatoms. The van der Waals surface area contributed by atoms with Crippen LogP contribution in [0.15, 0.2) is 52.7 Å². The largest absolute Gasteiger partial charge is 0.490 e. The highest BCUT2D eigenvalue weighted by molar-refractivity contribution is 7.93. The summed E-state index contributed by atoms with van der Waals surface area (Å²) in [6.45, 7) is 1.41. The summed E-state index contributed by atoms with van der Waals surface area (Å²) in [7, 11) is -2.83. The lowest BCUT2D eigenvalue weighted by Crippen LogP contribution is -2.13. The highest BCUT2D eigenvalue weighted by Gasteiger charge is 2.23. The van der Waals surface area contributed by atoms with E-state index in [0.717, 1.165) is 23.0 Å². The van der Waals surface area contributed by atoms with E-state index in [9.17, 15) is 23.3 Å². The lowest BCUT2D eigenvalue weighted by atomic mass is 10.1. The van der Waals surface area contributed by atoms with Gasteiger partial charge < -0.3 is 10.1 Å². The Morgan fingerprint density at radius 1 is 1.20 bits per heavy atom. The molecule has 0 unspecified atom stereocenters. The summed E-state index contributed by atoms with van der Waals surface area (Å²) in [6.07, 6.45) is 0.